The minimum Gasteiger partial charge on any atom is -0.465 e. The number of halogens is 1. The van der Waals surface area contributed by atoms with Gasteiger partial charge in [0.2, 0.25) is 0 Å². The number of hydrogen-bond donors (Lipinski definition) is 0. The molecular weight excluding hydrogens is 361 g/mol. The SMILES string of the molecule is COC(=O)c1ccccc1N1C(=O)/C(=C/c2ccc(F)cc2)SC1=S. The number of benzene rings is 2. The summed E-state index contributed by atoms with van der Waals surface area (Å²) in [5.41, 5.74) is 1.31. The molecule has 0 spiro atoms. The molecule has 1 aliphatic rings. The molecule has 126 valence electrons. The molecular formula is C18H12FNO3S2. The number of anilines is 1. The fourth-order valence-corrected chi connectivity index (χ4v) is 3.62. The molecule has 2 aromatic rings. The summed E-state index contributed by atoms with van der Waals surface area (Å²) in [5, 5.41) is 0. The summed E-state index contributed by atoms with van der Waals surface area (Å²) >= 11 is 6.44. The number of nitrogens with zero attached hydrogens (tertiary/aromatic N) is 1. The van der Waals surface area contributed by atoms with Crippen LogP contribution in [0.4, 0.5) is 10.1 Å². The number of methoxy groups -OCH3 is 1. The lowest BCUT2D eigenvalue weighted by Crippen LogP contribution is -2.29. The van der Waals surface area contributed by atoms with Crippen LogP contribution >= 0.6 is 24.0 Å². The summed E-state index contributed by atoms with van der Waals surface area (Å²) in [6.07, 6.45) is 1.64. The first-order valence-corrected chi connectivity index (χ1v) is 8.44. The van der Waals surface area contributed by atoms with Crippen LogP contribution in [0.3, 0.4) is 0 Å². The summed E-state index contributed by atoms with van der Waals surface area (Å²) in [4.78, 5) is 26.4. The molecule has 1 heterocycles. The van der Waals surface area contributed by atoms with E-state index >= 15 is 0 Å². The Balaban J connectivity index is 1.98. The zero-order valence-corrected chi connectivity index (χ0v) is 14.7. The van der Waals surface area contributed by atoms with Crippen molar-refractivity contribution in [1.29, 1.82) is 0 Å². The summed E-state index contributed by atoms with van der Waals surface area (Å²) in [6.45, 7) is 0. The van der Waals surface area contributed by atoms with E-state index in [2.05, 4.69) is 0 Å². The molecule has 0 unspecified atom stereocenters. The first kappa shape index (κ1) is 17.3. The van der Waals surface area contributed by atoms with Crippen molar-refractivity contribution in [2.24, 2.45) is 0 Å². The van der Waals surface area contributed by atoms with Gasteiger partial charge in [-0.15, -0.1) is 0 Å². The van der Waals surface area contributed by atoms with Gasteiger partial charge in [-0.3, -0.25) is 9.69 Å². The number of carbonyl (C=O) groups is 2. The maximum atomic E-state index is 13.0. The number of thioether (sulfide) groups is 1. The van der Waals surface area contributed by atoms with Crippen molar-refractivity contribution in [3.05, 3.63) is 70.4 Å². The first-order valence-electron chi connectivity index (χ1n) is 7.22. The zero-order chi connectivity index (χ0) is 18.0. The third-order valence-corrected chi connectivity index (χ3v) is 4.81. The van der Waals surface area contributed by atoms with E-state index in [1.54, 1.807) is 42.5 Å². The van der Waals surface area contributed by atoms with Gasteiger partial charge in [-0.25, -0.2) is 9.18 Å². The van der Waals surface area contributed by atoms with Crippen molar-refractivity contribution in [2.75, 3.05) is 12.0 Å². The van der Waals surface area contributed by atoms with Gasteiger partial charge in [0, 0.05) is 0 Å². The Kier molecular flexibility index (Phi) is 4.96. The molecule has 1 fully saturated rings. The molecule has 4 nitrogen and oxygen atoms in total. The predicted molar refractivity (Wildman–Crippen MR) is 99.8 cm³/mol. The molecule has 0 N–H and O–H groups in total. The number of thiocarbonyl (C=S) groups is 1. The highest BCUT2D eigenvalue weighted by molar-refractivity contribution is 8.27. The minimum atomic E-state index is -0.549. The first-order chi connectivity index (χ1) is 12.0. The molecule has 0 atom stereocenters. The second-order valence-electron chi connectivity index (χ2n) is 5.08. The highest BCUT2D eigenvalue weighted by Gasteiger charge is 2.35. The number of para-hydroxylation sites is 1. The van der Waals surface area contributed by atoms with Crippen molar-refractivity contribution >= 4 is 51.9 Å². The van der Waals surface area contributed by atoms with Gasteiger partial charge in [-0.1, -0.05) is 48.2 Å². The van der Waals surface area contributed by atoms with Crippen LogP contribution in [0.25, 0.3) is 6.08 Å². The number of rotatable bonds is 3. The molecule has 2 aromatic carbocycles. The Morgan fingerprint density at radius 1 is 1.20 bits per heavy atom. The number of carbonyl (C=O) groups excluding carboxylic acids is 2. The van der Waals surface area contributed by atoms with Crippen molar-refractivity contribution in [3.63, 3.8) is 0 Å². The van der Waals surface area contributed by atoms with Crippen LogP contribution in [0, 0.1) is 5.82 Å². The number of amides is 1. The largest absolute Gasteiger partial charge is 0.465 e. The van der Waals surface area contributed by atoms with Gasteiger partial charge in [0.1, 0.15) is 5.82 Å². The van der Waals surface area contributed by atoms with Gasteiger partial charge in [0.05, 0.1) is 23.3 Å². The molecule has 25 heavy (non-hydrogen) atoms. The molecule has 0 saturated carbocycles. The van der Waals surface area contributed by atoms with Crippen LogP contribution in [0.2, 0.25) is 0 Å². The van der Waals surface area contributed by atoms with E-state index in [0.29, 0.717) is 20.5 Å². The van der Waals surface area contributed by atoms with E-state index in [4.69, 9.17) is 17.0 Å². The lowest BCUT2D eigenvalue weighted by Gasteiger charge is -2.17. The molecule has 0 aromatic heterocycles. The van der Waals surface area contributed by atoms with Gasteiger partial charge in [-0.05, 0) is 35.9 Å². The number of esters is 1. The van der Waals surface area contributed by atoms with Crippen molar-refractivity contribution in [2.45, 2.75) is 0 Å². The van der Waals surface area contributed by atoms with Gasteiger partial charge in [-0.2, -0.15) is 0 Å². The molecule has 7 heteroatoms. The molecule has 0 bridgehead atoms. The summed E-state index contributed by atoms with van der Waals surface area (Å²) in [6, 6.07) is 12.4. The van der Waals surface area contributed by atoms with Crippen LogP contribution in [0.1, 0.15) is 15.9 Å². The maximum Gasteiger partial charge on any atom is 0.339 e. The standard InChI is InChI=1S/C18H12FNO3S2/c1-23-17(22)13-4-2-3-5-14(13)20-16(21)15(25-18(20)24)10-11-6-8-12(19)9-7-11/h2-10H,1H3/b15-10-. The smallest absolute Gasteiger partial charge is 0.339 e. The Bertz CT molecular complexity index is 893. The molecule has 0 aliphatic carbocycles. The van der Waals surface area contributed by atoms with E-state index in [1.165, 1.54) is 24.1 Å². The van der Waals surface area contributed by atoms with Crippen molar-refractivity contribution in [1.82, 2.24) is 0 Å². The lowest BCUT2D eigenvalue weighted by molar-refractivity contribution is -0.113. The summed E-state index contributed by atoms with van der Waals surface area (Å²) < 4.78 is 18.1. The molecule has 0 radical (unpaired) electrons. The molecule has 1 aliphatic heterocycles. The topological polar surface area (TPSA) is 46.6 Å². The van der Waals surface area contributed by atoms with Gasteiger partial charge >= 0.3 is 5.97 Å². The second kappa shape index (κ2) is 7.16. The molecule has 1 amide bonds. The van der Waals surface area contributed by atoms with Crippen LogP contribution in [0.15, 0.2) is 53.4 Å². The van der Waals surface area contributed by atoms with E-state index in [9.17, 15) is 14.0 Å². The Morgan fingerprint density at radius 2 is 1.88 bits per heavy atom. The minimum absolute atomic E-state index is 0.254. The maximum absolute atomic E-state index is 13.0. The second-order valence-corrected chi connectivity index (χ2v) is 6.75. The average molecular weight is 373 g/mol. The Labute approximate surface area is 153 Å². The summed E-state index contributed by atoms with van der Waals surface area (Å²) in [7, 11) is 1.28. The highest BCUT2D eigenvalue weighted by Crippen LogP contribution is 2.37. The van der Waals surface area contributed by atoms with Gasteiger partial charge < -0.3 is 4.74 Å². The van der Waals surface area contributed by atoms with Crippen LogP contribution in [-0.4, -0.2) is 23.3 Å². The summed E-state index contributed by atoms with van der Waals surface area (Å²) in [5.74, 6) is -1.24. The third-order valence-electron chi connectivity index (χ3n) is 3.51. The van der Waals surface area contributed by atoms with E-state index in [1.807, 2.05) is 0 Å². The Morgan fingerprint density at radius 3 is 2.56 bits per heavy atom. The van der Waals surface area contributed by atoms with Crippen LogP contribution < -0.4 is 4.90 Å². The monoisotopic (exact) mass is 373 g/mol. The van der Waals surface area contributed by atoms with Crippen LogP contribution in [-0.2, 0) is 9.53 Å². The normalized spacial score (nSPS) is 15.8. The van der Waals surface area contributed by atoms with Crippen molar-refractivity contribution < 1.29 is 18.7 Å². The van der Waals surface area contributed by atoms with Gasteiger partial charge in [0.15, 0.2) is 4.32 Å². The fraction of sp³-hybridized carbons (Fsp3) is 0.0556. The Hall–Kier alpha value is -2.51. The van der Waals surface area contributed by atoms with Crippen molar-refractivity contribution in [3.8, 4) is 0 Å². The zero-order valence-electron chi connectivity index (χ0n) is 13.1. The fourth-order valence-electron chi connectivity index (χ4n) is 2.34. The van der Waals surface area contributed by atoms with Gasteiger partial charge in [0.25, 0.3) is 5.91 Å². The average Bonchev–Trinajstić information content (AvgIpc) is 2.89. The highest BCUT2D eigenvalue weighted by atomic mass is 32.2. The van der Waals surface area contributed by atoms with E-state index in [0.717, 1.165) is 11.8 Å². The third kappa shape index (κ3) is 3.47. The molecule has 3 rings (SSSR count). The van der Waals surface area contributed by atoms with E-state index < -0.39 is 5.97 Å². The quantitative estimate of drug-likeness (QED) is 0.462. The predicted octanol–water partition coefficient (Wildman–Crippen LogP) is 4.02. The lowest BCUT2D eigenvalue weighted by atomic mass is 10.1. The van der Waals surface area contributed by atoms with E-state index in [-0.39, 0.29) is 17.3 Å². The number of hydrogen-bond acceptors (Lipinski definition) is 5. The van der Waals surface area contributed by atoms with Crippen LogP contribution in [0.5, 0.6) is 0 Å². The number of ether oxygens (including phenoxy) is 1. The molecule has 1 saturated heterocycles.